The second kappa shape index (κ2) is 6.84. The molecule has 6 nitrogen and oxygen atoms in total. The maximum atomic E-state index is 11.8. The number of anilines is 1. The molecule has 1 N–H and O–H groups in total. The number of fused-ring (bicyclic) bond motifs is 1. The molecule has 7 heteroatoms. The van der Waals surface area contributed by atoms with Crippen LogP contribution < -0.4 is 15.1 Å². The number of hydrazone groups is 1. The van der Waals surface area contributed by atoms with E-state index >= 15 is 0 Å². The maximum Gasteiger partial charge on any atom is 0.231 e. The topological polar surface area (TPSA) is 66.3 Å². The molecule has 0 spiro atoms. The summed E-state index contributed by atoms with van der Waals surface area (Å²) in [5.74, 6) is 1.62. The van der Waals surface area contributed by atoms with Gasteiger partial charge in [-0.1, -0.05) is 23.9 Å². The van der Waals surface area contributed by atoms with Crippen molar-refractivity contribution in [2.45, 2.75) is 6.42 Å². The van der Waals surface area contributed by atoms with E-state index in [0.29, 0.717) is 6.42 Å². The van der Waals surface area contributed by atoms with Gasteiger partial charge in [-0.25, -0.2) is 4.99 Å². The van der Waals surface area contributed by atoms with E-state index in [1.54, 1.807) is 23.8 Å². The van der Waals surface area contributed by atoms with E-state index in [2.05, 4.69) is 21.6 Å². The normalized spacial score (nSPS) is 17.8. The predicted octanol–water partition coefficient (Wildman–Crippen LogP) is 2.94. The standard InChI is InChI=1S/C19H18N4O2S/c1-23-17-7-6-12(8-13(17)9-18(23)24)16-11-26-19(22-21-16)20-14-4-3-5-15(10-14)25-2/h3-8,10H,9,11H2,1-2H3,(H,20,22). The molecule has 2 aliphatic heterocycles. The first-order valence-electron chi connectivity index (χ1n) is 8.22. The zero-order valence-electron chi connectivity index (χ0n) is 14.5. The zero-order chi connectivity index (χ0) is 18.1. The smallest absolute Gasteiger partial charge is 0.231 e. The van der Waals surface area contributed by atoms with Crippen molar-refractivity contribution < 1.29 is 9.53 Å². The number of likely N-dealkylation sites (N-methyl/N-ethyl adjacent to an activating group) is 1. The van der Waals surface area contributed by atoms with E-state index in [9.17, 15) is 4.79 Å². The fourth-order valence-corrected chi connectivity index (χ4v) is 3.75. The number of carbonyl (C=O) groups is 1. The molecule has 1 amide bonds. The Kier molecular flexibility index (Phi) is 4.38. The molecule has 4 rings (SSSR count). The summed E-state index contributed by atoms with van der Waals surface area (Å²) >= 11 is 1.60. The zero-order valence-corrected chi connectivity index (χ0v) is 15.3. The summed E-state index contributed by atoms with van der Waals surface area (Å²) in [5, 5.41) is 5.22. The van der Waals surface area contributed by atoms with Crippen LogP contribution in [0, 0.1) is 0 Å². The first kappa shape index (κ1) is 16.7. The highest BCUT2D eigenvalue weighted by molar-refractivity contribution is 8.14. The second-order valence-corrected chi connectivity index (χ2v) is 7.01. The summed E-state index contributed by atoms with van der Waals surface area (Å²) in [5.41, 5.74) is 7.86. The summed E-state index contributed by atoms with van der Waals surface area (Å²) in [4.78, 5) is 18.1. The van der Waals surface area contributed by atoms with Crippen LogP contribution in [0.5, 0.6) is 5.75 Å². The highest BCUT2D eigenvalue weighted by Gasteiger charge is 2.25. The average molecular weight is 366 g/mol. The molecular formula is C19H18N4O2S. The van der Waals surface area contributed by atoms with Gasteiger partial charge in [0.15, 0.2) is 5.17 Å². The maximum absolute atomic E-state index is 11.8. The van der Waals surface area contributed by atoms with Gasteiger partial charge in [0.25, 0.3) is 0 Å². The summed E-state index contributed by atoms with van der Waals surface area (Å²) in [6.07, 6.45) is 0.454. The number of amidine groups is 1. The van der Waals surface area contributed by atoms with Gasteiger partial charge in [-0.15, -0.1) is 0 Å². The number of amides is 1. The Labute approximate surface area is 156 Å². The minimum atomic E-state index is 0.128. The van der Waals surface area contributed by atoms with Gasteiger partial charge in [0.1, 0.15) is 5.75 Å². The lowest BCUT2D eigenvalue weighted by molar-refractivity contribution is -0.117. The minimum absolute atomic E-state index is 0.128. The molecule has 0 saturated heterocycles. The van der Waals surface area contributed by atoms with Crippen LogP contribution in [0.15, 0.2) is 52.6 Å². The first-order chi connectivity index (χ1) is 12.6. The molecule has 0 aliphatic carbocycles. The molecule has 0 saturated carbocycles. The van der Waals surface area contributed by atoms with E-state index in [1.807, 2.05) is 43.4 Å². The number of aliphatic imine (C=N–C) groups is 1. The monoisotopic (exact) mass is 366 g/mol. The van der Waals surface area contributed by atoms with Crippen molar-refractivity contribution in [1.29, 1.82) is 0 Å². The summed E-state index contributed by atoms with van der Waals surface area (Å²) in [7, 11) is 3.45. The number of benzene rings is 2. The SMILES string of the molecule is COc1cccc(N=C2NN=C(c3ccc4c(c3)CC(=O)N4C)CS2)c1. The Balaban J connectivity index is 1.52. The summed E-state index contributed by atoms with van der Waals surface area (Å²) in [6, 6.07) is 13.7. The third-order valence-corrected chi connectivity index (χ3v) is 5.28. The molecule has 26 heavy (non-hydrogen) atoms. The quantitative estimate of drug-likeness (QED) is 0.907. The predicted molar refractivity (Wildman–Crippen MR) is 106 cm³/mol. The Bertz CT molecular complexity index is 939. The van der Waals surface area contributed by atoms with Gasteiger partial charge >= 0.3 is 0 Å². The molecule has 0 atom stereocenters. The minimum Gasteiger partial charge on any atom is -0.497 e. The Morgan fingerprint density at radius 2 is 2.15 bits per heavy atom. The number of thioether (sulfide) groups is 1. The molecular weight excluding hydrogens is 348 g/mol. The van der Waals surface area contributed by atoms with Crippen LogP contribution in [0.1, 0.15) is 11.1 Å². The van der Waals surface area contributed by atoms with Crippen molar-refractivity contribution in [1.82, 2.24) is 5.43 Å². The largest absolute Gasteiger partial charge is 0.497 e. The lowest BCUT2D eigenvalue weighted by Gasteiger charge is -2.16. The van der Waals surface area contributed by atoms with Gasteiger partial charge in [-0.2, -0.15) is 5.10 Å². The van der Waals surface area contributed by atoms with Crippen LogP contribution in [0.4, 0.5) is 11.4 Å². The van der Waals surface area contributed by atoms with Crippen molar-refractivity contribution in [3.63, 3.8) is 0 Å². The first-order valence-corrected chi connectivity index (χ1v) is 9.20. The molecule has 0 radical (unpaired) electrons. The van der Waals surface area contributed by atoms with Crippen LogP contribution in [-0.4, -0.2) is 36.7 Å². The molecule has 2 aliphatic rings. The molecule has 0 bridgehead atoms. The summed E-state index contributed by atoms with van der Waals surface area (Å²) < 4.78 is 5.22. The molecule has 0 unspecified atom stereocenters. The van der Waals surface area contributed by atoms with Crippen molar-refractivity contribution >= 4 is 39.9 Å². The number of nitrogens with zero attached hydrogens (tertiary/aromatic N) is 3. The molecule has 0 fully saturated rings. The van der Waals surface area contributed by atoms with Gasteiger partial charge < -0.3 is 9.64 Å². The molecule has 132 valence electrons. The highest BCUT2D eigenvalue weighted by Crippen LogP contribution is 2.29. The van der Waals surface area contributed by atoms with Crippen molar-refractivity contribution in [3.8, 4) is 5.75 Å². The number of ether oxygens (including phenoxy) is 1. The third-order valence-electron chi connectivity index (χ3n) is 4.41. The number of methoxy groups -OCH3 is 1. The van der Waals surface area contributed by atoms with E-state index in [0.717, 1.165) is 44.9 Å². The van der Waals surface area contributed by atoms with Gasteiger partial charge in [0, 0.05) is 24.6 Å². The lowest BCUT2D eigenvalue weighted by Crippen LogP contribution is -2.25. The summed E-state index contributed by atoms with van der Waals surface area (Å²) in [6.45, 7) is 0. The van der Waals surface area contributed by atoms with Crippen LogP contribution in [0.3, 0.4) is 0 Å². The van der Waals surface area contributed by atoms with Crippen LogP contribution >= 0.6 is 11.8 Å². The highest BCUT2D eigenvalue weighted by atomic mass is 32.2. The molecule has 0 aromatic heterocycles. The van der Waals surface area contributed by atoms with Crippen molar-refractivity contribution in [3.05, 3.63) is 53.6 Å². The fourth-order valence-electron chi connectivity index (χ4n) is 2.97. The average Bonchev–Trinajstić information content (AvgIpc) is 2.96. The van der Waals surface area contributed by atoms with E-state index in [1.165, 1.54) is 0 Å². The van der Waals surface area contributed by atoms with E-state index < -0.39 is 0 Å². The van der Waals surface area contributed by atoms with Crippen LogP contribution in [0.2, 0.25) is 0 Å². The van der Waals surface area contributed by atoms with Gasteiger partial charge in [-0.3, -0.25) is 10.2 Å². The Morgan fingerprint density at radius 1 is 1.27 bits per heavy atom. The number of carbonyl (C=O) groups excluding carboxylic acids is 1. The Hall–Kier alpha value is -2.80. The fraction of sp³-hybridized carbons (Fsp3) is 0.211. The van der Waals surface area contributed by atoms with Crippen molar-refractivity contribution in [2.75, 3.05) is 24.8 Å². The lowest BCUT2D eigenvalue weighted by atomic mass is 10.1. The van der Waals surface area contributed by atoms with Gasteiger partial charge in [0.05, 0.1) is 24.9 Å². The van der Waals surface area contributed by atoms with E-state index in [4.69, 9.17) is 4.74 Å². The molecule has 2 aromatic carbocycles. The number of hydrogen-bond acceptors (Lipinski definition) is 5. The molecule has 2 aromatic rings. The number of hydrogen-bond donors (Lipinski definition) is 1. The number of nitrogens with one attached hydrogen (secondary N) is 1. The number of rotatable bonds is 3. The Morgan fingerprint density at radius 3 is 2.92 bits per heavy atom. The second-order valence-electron chi connectivity index (χ2n) is 6.05. The van der Waals surface area contributed by atoms with Gasteiger partial charge in [0.2, 0.25) is 5.91 Å². The van der Waals surface area contributed by atoms with Crippen LogP contribution in [-0.2, 0) is 11.2 Å². The van der Waals surface area contributed by atoms with E-state index in [-0.39, 0.29) is 5.91 Å². The van der Waals surface area contributed by atoms with Crippen LogP contribution in [0.25, 0.3) is 0 Å². The third kappa shape index (κ3) is 3.17. The van der Waals surface area contributed by atoms with Gasteiger partial charge in [-0.05, 0) is 35.4 Å². The molecule has 2 heterocycles. The van der Waals surface area contributed by atoms with Crippen molar-refractivity contribution in [2.24, 2.45) is 10.1 Å².